The zero-order chi connectivity index (χ0) is 6.57. The predicted octanol–water partition coefficient (Wildman–Crippen LogP) is 0.998. The molecule has 0 aromatic rings. The van der Waals surface area contributed by atoms with Gasteiger partial charge in [0.2, 0.25) is 0 Å². The van der Waals surface area contributed by atoms with Crippen LogP contribution in [0, 0.1) is 10.1 Å². The van der Waals surface area contributed by atoms with Crippen molar-refractivity contribution in [3.8, 4) is 0 Å². The van der Waals surface area contributed by atoms with E-state index < -0.39 is 10.6 Å². The first kappa shape index (κ1) is 7.78. The molecule has 0 rings (SSSR count). The SMILES string of the molecule is O=[N+]([O-])OC(Cl)CCl. The highest BCUT2D eigenvalue weighted by atomic mass is 35.5. The first-order valence-corrected chi connectivity index (χ1v) is 2.65. The highest BCUT2D eigenvalue weighted by molar-refractivity contribution is 6.27. The molecule has 0 aliphatic rings. The fraction of sp³-hybridized carbons (Fsp3) is 1.00. The van der Waals surface area contributed by atoms with Crippen LogP contribution in [0.4, 0.5) is 0 Å². The summed E-state index contributed by atoms with van der Waals surface area (Å²) in [6, 6.07) is 0. The van der Waals surface area contributed by atoms with Gasteiger partial charge in [-0.25, -0.2) is 0 Å². The largest absolute Gasteiger partial charge is 0.296 e. The molecule has 0 aromatic heterocycles. The summed E-state index contributed by atoms with van der Waals surface area (Å²) < 4.78 is 0. The Hall–Kier alpha value is -0.220. The van der Waals surface area contributed by atoms with Crippen LogP contribution in [-0.2, 0) is 4.84 Å². The van der Waals surface area contributed by atoms with E-state index in [1.807, 2.05) is 0 Å². The highest BCUT2D eigenvalue weighted by Crippen LogP contribution is 1.99. The van der Waals surface area contributed by atoms with E-state index in [1.54, 1.807) is 0 Å². The number of nitrogens with zero attached hydrogens (tertiary/aromatic N) is 1. The van der Waals surface area contributed by atoms with E-state index in [2.05, 4.69) is 4.84 Å². The van der Waals surface area contributed by atoms with E-state index in [-0.39, 0.29) is 5.88 Å². The summed E-state index contributed by atoms with van der Waals surface area (Å²) in [7, 11) is 0. The van der Waals surface area contributed by atoms with Crippen molar-refractivity contribution in [2.75, 3.05) is 5.88 Å². The van der Waals surface area contributed by atoms with Crippen molar-refractivity contribution in [1.82, 2.24) is 0 Å². The minimum absolute atomic E-state index is 0.0947. The van der Waals surface area contributed by atoms with Crippen molar-refractivity contribution in [3.05, 3.63) is 10.1 Å². The summed E-state index contributed by atoms with van der Waals surface area (Å²) in [6.45, 7) is 0. The highest BCUT2D eigenvalue weighted by Gasteiger charge is 2.05. The van der Waals surface area contributed by atoms with E-state index in [1.165, 1.54) is 0 Å². The molecule has 48 valence electrons. The van der Waals surface area contributed by atoms with Crippen LogP contribution in [0.3, 0.4) is 0 Å². The molecule has 0 heterocycles. The zero-order valence-corrected chi connectivity index (χ0v) is 5.22. The predicted molar refractivity (Wildman–Crippen MR) is 28.4 cm³/mol. The summed E-state index contributed by atoms with van der Waals surface area (Å²) in [5.41, 5.74) is -1.04. The molecule has 0 fully saturated rings. The van der Waals surface area contributed by atoms with Crippen molar-refractivity contribution >= 4 is 23.2 Å². The van der Waals surface area contributed by atoms with Crippen molar-refractivity contribution in [2.45, 2.75) is 5.56 Å². The van der Waals surface area contributed by atoms with Gasteiger partial charge >= 0.3 is 0 Å². The average Bonchev–Trinajstić information content (AvgIpc) is 1.65. The Morgan fingerprint density at radius 3 is 2.50 bits per heavy atom. The monoisotopic (exact) mass is 159 g/mol. The minimum atomic E-state index is -1.04. The Bertz CT molecular complexity index is 87.4. The topological polar surface area (TPSA) is 52.4 Å². The molecule has 0 aromatic carbocycles. The van der Waals surface area contributed by atoms with Gasteiger partial charge in [0.25, 0.3) is 5.09 Å². The smallest absolute Gasteiger partial charge is 0.293 e. The normalized spacial score (nSPS) is 12.8. The van der Waals surface area contributed by atoms with Gasteiger partial charge in [-0.3, -0.25) is 4.84 Å². The van der Waals surface area contributed by atoms with Crippen LogP contribution in [0.15, 0.2) is 0 Å². The Labute approximate surface area is 55.4 Å². The van der Waals surface area contributed by atoms with Gasteiger partial charge in [-0.15, -0.1) is 21.7 Å². The summed E-state index contributed by atoms with van der Waals surface area (Å²) in [5.74, 6) is -0.0947. The summed E-state index contributed by atoms with van der Waals surface area (Å²) >= 11 is 10.1. The van der Waals surface area contributed by atoms with Gasteiger partial charge in [0.15, 0.2) is 5.56 Å². The lowest BCUT2D eigenvalue weighted by Crippen LogP contribution is -2.11. The van der Waals surface area contributed by atoms with Crippen LogP contribution < -0.4 is 0 Å². The lowest BCUT2D eigenvalue weighted by Gasteiger charge is -1.98. The third-order valence-electron chi connectivity index (χ3n) is 0.322. The number of halogens is 2. The van der Waals surface area contributed by atoms with E-state index in [9.17, 15) is 10.1 Å². The van der Waals surface area contributed by atoms with Crippen LogP contribution in [0.25, 0.3) is 0 Å². The van der Waals surface area contributed by atoms with Gasteiger partial charge in [-0.2, -0.15) is 0 Å². The molecular weight excluding hydrogens is 157 g/mol. The zero-order valence-electron chi connectivity index (χ0n) is 3.71. The van der Waals surface area contributed by atoms with Gasteiger partial charge in [-0.05, 0) is 0 Å². The molecule has 1 unspecified atom stereocenters. The number of hydrogen-bond acceptors (Lipinski definition) is 3. The van der Waals surface area contributed by atoms with Crippen molar-refractivity contribution in [1.29, 1.82) is 0 Å². The van der Waals surface area contributed by atoms with Crippen LogP contribution in [0.1, 0.15) is 0 Å². The molecule has 0 spiro atoms. The average molecular weight is 160 g/mol. The van der Waals surface area contributed by atoms with Crippen molar-refractivity contribution in [2.24, 2.45) is 0 Å². The second kappa shape index (κ2) is 3.74. The Morgan fingerprint density at radius 1 is 1.88 bits per heavy atom. The van der Waals surface area contributed by atoms with Crippen molar-refractivity contribution < 1.29 is 9.92 Å². The van der Waals surface area contributed by atoms with Gasteiger partial charge in [0, 0.05) is 0 Å². The van der Waals surface area contributed by atoms with E-state index in [0.717, 1.165) is 0 Å². The molecule has 0 aliphatic heterocycles. The van der Waals surface area contributed by atoms with Crippen molar-refractivity contribution in [3.63, 3.8) is 0 Å². The standard InChI is InChI=1S/C2H3Cl2NO3/c3-1-2(4)8-5(6)7/h2H,1H2. The molecule has 0 saturated heterocycles. The van der Waals surface area contributed by atoms with Gasteiger partial charge in [0.05, 0.1) is 5.88 Å². The molecular formula is C2H3Cl2NO3. The second-order valence-electron chi connectivity index (χ2n) is 0.893. The fourth-order valence-corrected chi connectivity index (χ4v) is 0.243. The minimum Gasteiger partial charge on any atom is -0.293 e. The Kier molecular flexibility index (Phi) is 3.64. The molecule has 4 nitrogen and oxygen atoms in total. The Balaban J connectivity index is 3.24. The molecule has 0 amide bonds. The quantitative estimate of drug-likeness (QED) is 0.351. The van der Waals surface area contributed by atoms with E-state index in [0.29, 0.717) is 0 Å². The molecule has 0 saturated carbocycles. The molecule has 8 heavy (non-hydrogen) atoms. The summed E-state index contributed by atoms with van der Waals surface area (Å²) in [5, 5.41) is 8.42. The molecule has 0 bridgehead atoms. The van der Waals surface area contributed by atoms with Gasteiger partial charge in [-0.1, -0.05) is 11.6 Å². The second-order valence-corrected chi connectivity index (χ2v) is 1.69. The number of alkyl halides is 2. The maximum absolute atomic E-state index is 9.41. The molecule has 0 radical (unpaired) electrons. The van der Waals surface area contributed by atoms with Crippen LogP contribution >= 0.6 is 23.2 Å². The first-order chi connectivity index (χ1) is 3.66. The first-order valence-electron chi connectivity index (χ1n) is 1.68. The van der Waals surface area contributed by atoms with Gasteiger partial charge < -0.3 is 0 Å². The molecule has 0 N–H and O–H groups in total. The Morgan fingerprint density at radius 2 is 2.38 bits per heavy atom. The maximum Gasteiger partial charge on any atom is 0.296 e. The molecule has 6 heteroatoms. The van der Waals surface area contributed by atoms with E-state index >= 15 is 0 Å². The number of rotatable bonds is 3. The van der Waals surface area contributed by atoms with Crippen LogP contribution in [-0.4, -0.2) is 16.5 Å². The van der Waals surface area contributed by atoms with Crippen LogP contribution in [0.2, 0.25) is 0 Å². The third-order valence-corrected chi connectivity index (χ3v) is 0.994. The number of hydrogen-bond donors (Lipinski definition) is 0. The lowest BCUT2D eigenvalue weighted by atomic mass is 10.9. The molecule has 0 aliphatic carbocycles. The van der Waals surface area contributed by atoms with Crippen LogP contribution in [0.5, 0.6) is 0 Å². The molecule has 1 atom stereocenters. The summed E-state index contributed by atoms with van der Waals surface area (Å²) in [4.78, 5) is 13.2. The lowest BCUT2D eigenvalue weighted by molar-refractivity contribution is -0.761. The van der Waals surface area contributed by atoms with Gasteiger partial charge in [0.1, 0.15) is 0 Å². The fourth-order valence-electron chi connectivity index (χ4n) is 0.122. The summed E-state index contributed by atoms with van der Waals surface area (Å²) in [6.07, 6.45) is 0. The third kappa shape index (κ3) is 3.95. The van der Waals surface area contributed by atoms with E-state index in [4.69, 9.17) is 23.2 Å². The maximum atomic E-state index is 9.41.